The van der Waals surface area contributed by atoms with Crippen LogP contribution in [0.5, 0.6) is 0 Å². The summed E-state index contributed by atoms with van der Waals surface area (Å²) in [7, 11) is 0. The second-order valence-corrected chi connectivity index (χ2v) is 6.53. The summed E-state index contributed by atoms with van der Waals surface area (Å²) in [4.78, 5) is 0. The average Bonchev–Trinajstić information content (AvgIpc) is 2.55. The van der Waals surface area contributed by atoms with Crippen LogP contribution in [0.1, 0.15) is 66.0 Å². The molecule has 0 bridgehead atoms. The molecule has 24 heavy (non-hydrogen) atoms. The van der Waals surface area contributed by atoms with Gasteiger partial charge in [0.15, 0.2) is 0 Å². The minimum atomic E-state index is -2.44. The van der Waals surface area contributed by atoms with Gasteiger partial charge in [0.1, 0.15) is 0 Å². The summed E-state index contributed by atoms with van der Waals surface area (Å²) < 4.78 is 26.3. The van der Waals surface area contributed by atoms with Crippen LogP contribution in [0.25, 0.3) is 5.57 Å². The maximum Gasteiger partial charge on any atom is 0.263 e. The first-order valence-electron chi connectivity index (χ1n) is 8.57. The van der Waals surface area contributed by atoms with Crippen molar-refractivity contribution in [2.75, 3.05) is 0 Å². The summed E-state index contributed by atoms with van der Waals surface area (Å²) in [5.41, 5.74) is 6.66. The first-order valence-corrected chi connectivity index (χ1v) is 8.57. The van der Waals surface area contributed by atoms with Gasteiger partial charge in [-0.3, -0.25) is 0 Å². The highest BCUT2D eigenvalue weighted by Crippen LogP contribution is 2.30. The summed E-state index contributed by atoms with van der Waals surface area (Å²) >= 11 is 0. The Morgan fingerprint density at radius 1 is 1.04 bits per heavy atom. The summed E-state index contributed by atoms with van der Waals surface area (Å²) in [5, 5.41) is 0. The van der Waals surface area contributed by atoms with Crippen LogP contribution in [-0.2, 0) is 6.42 Å². The van der Waals surface area contributed by atoms with Crippen molar-refractivity contribution in [3.8, 4) is 0 Å². The molecule has 0 fully saturated rings. The van der Waals surface area contributed by atoms with Crippen LogP contribution in [-0.4, -0.2) is 0 Å². The zero-order chi connectivity index (χ0) is 17.7. The zero-order valence-corrected chi connectivity index (χ0v) is 14.8. The molecular formula is C22H26F2. The van der Waals surface area contributed by atoms with Crippen molar-refractivity contribution < 1.29 is 8.78 Å². The van der Waals surface area contributed by atoms with Gasteiger partial charge in [-0.05, 0) is 67.0 Å². The number of benzene rings is 2. The molecule has 0 N–H and O–H groups in total. The van der Waals surface area contributed by atoms with E-state index in [2.05, 4.69) is 45.5 Å². The highest BCUT2D eigenvalue weighted by atomic mass is 19.3. The molecule has 0 aliphatic heterocycles. The molecule has 0 saturated heterocycles. The van der Waals surface area contributed by atoms with E-state index in [1.165, 1.54) is 22.8 Å². The third-order valence-electron chi connectivity index (χ3n) is 4.48. The van der Waals surface area contributed by atoms with Crippen molar-refractivity contribution in [1.82, 2.24) is 0 Å². The Morgan fingerprint density at radius 3 is 2.46 bits per heavy atom. The fourth-order valence-corrected chi connectivity index (χ4v) is 2.96. The number of allylic oxidation sites excluding steroid dienone is 1. The number of unbranched alkanes of at least 4 members (excludes halogenated alkanes) is 1. The van der Waals surface area contributed by atoms with Crippen LogP contribution in [0.15, 0.2) is 43.0 Å². The van der Waals surface area contributed by atoms with Gasteiger partial charge in [-0.2, -0.15) is 0 Å². The second kappa shape index (κ2) is 8.23. The van der Waals surface area contributed by atoms with Gasteiger partial charge in [-0.25, -0.2) is 8.78 Å². The van der Waals surface area contributed by atoms with Gasteiger partial charge in [0, 0.05) is 5.56 Å². The monoisotopic (exact) mass is 328 g/mol. The highest BCUT2D eigenvalue weighted by molar-refractivity contribution is 5.67. The van der Waals surface area contributed by atoms with Crippen molar-refractivity contribution in [3.63, 3.8) is 0 Å². The van der Waals surface area contributed by atoms with E-state index in [-0.39, 0.29) is 5.56 Å². The Morgan fingerprint density at radius 2 is 1.79 bits per heavy atom. The van der Waals surface area contributed by atoms with Gasteiger partial charge < -0.3 is 0 Å². The number of rotatable bonds is 7. The predicted octanol–water partition coefficient (Wildman–Crippen LogP) is 7.04. The summed E-state index contributed by atoms with van der Waals surface area (Å²) in [5.74, 6) is 0. The van der Waals surface area contributed by atoms with Gasteiger partial charge in [-0.15, -0.1) is 0 Å². The Balaban J connectivity index is 2.42. The highest BCUT2D eigenvalue weighted by Gasteiger charge is 2.13. The third-order valence-corrected chi connectivity index (χ3v) is 4.48. The standard InChI is InChI=1S/C22H26F2/c1-5-6-7-17(4)21-11-10-18(22(23)24)13-20(21)14-19-12-15(2)8-9-16(19)3/h8-13,22H,4-7,14H2,1-3H3. The van der Waals surface area contributed by atoms with Crippen LogP contribution in [0.2, 0.25) is 0 Å². The molecule has 0 aliphatic carbocycles. The molecule has 2 rings (SSSR count). The first kappa shape index (κ1) is 18.4. The lowest BCUT2D eigenvalue weighted by Crippen LogP contribution is -2.00. The van der Waals surface area contributed by atoms with Crippen molar-refractivity contribution >= 4 is 5.57 Å². The van der Waals surface area contributed by atoms with E-state index in [9.17, 15) is 8.78 Å². The molecule has 2 heteroatoms. The lowest BCUT2D eigenvalue weighted by atomic mass is 9.90. The lowest BCUT2D eigenvalue weighted by Gasteiger charge is -2.15. The topological polar surface area (TPSA) is 0 Å². The van der Waals surface area contributed by atoms with E-state index >= 15 is 0 Å². The summed E-state index contributed by atoms with van der Waals surface area (Å²) in [6.45, 7) is 10.5. The fraction of sp³-hybridized carbons (Fsp3) is 0.364. The molecule has 0 nitrogen and oxygen atoms in total. The van der Waals surface area contributed by atoms with Gasteiger partial charge >= 0.3 is 0 Å². The quantitative estimate of drug-likeness (QED) is 0.511. The number of halogens is 2. The molecule has 0 aromatic heterocycles. The third kappa shape index (κ3) is 4.53. The van der Waals surface area contributed by atoms with Crippen LogP contribution in [0.4, 0.5) is 8.78 Å². The van der Waals surface area contributed by atoms with Gasteiger partial charge in [0.2, 0.25) is 0 Å². The van der Waals surface area contributed by atoms with Crippen LogP contribution >= 0.6 is 0 Å². The number of aryl methyl sites for hydroxylation is 2. The van der Waals surface area contributed by atoms with Gasteiger partial charge in [0.25, 0.3) is 6.43 Å². The number of hydrogen-bond donors (Lipinski definition) is 0. The minimum Gasteiger partial charge on any atom is -0.205 e. The molecule has 0 unspecified atom stereocenters. The van der Waals surface area contributed by atoms with E-state index in [1.807, 2.05) is 6.07 Å². The Bertz CT molecular complexity index is 714. The van der Waals surface area contributed by atoms with Crippen LogP contribution in [0.3, 0.4) is 0 Å². The molecule has 0 atom stereocenters. The normalized spacial score (nSPS) is 11.1. The molecule has 2 aromatic rings. The van der Waals surface area contributed by atoms with Crippen LogP contribution in [0, 0.1) is 13.8 Å². The SMILES string of the molecule is C=C(CCCC)c1ccc(C(F)F)cc1Cc1cc(C)ccc1C. The molecule has 0 saturated carbocycles. The minimum absolute atomic E-state index is 0.0855. The summed E-state index contributed by atoms with van der Waals surface area (Å²) in [6.07, 6.45) is 1.29. The maximum atomic E-state index is 13.1. The molecule has 0 radical (unpaired) electrons. The van der Waals surface area contributed by atoms with Crippen molar-refractivity contribution in [2.24, 2.45) is 0 Å². The molecule has 0 amide bonds. The number of alkyl halides is 2. The van der Waals surface area contributed by atoms with Crippen LogP contribution < -0.4 is 0 Å². The number of hydrogen-bond acceptors (Lipinski definition) is 0. The van der Waals surface area contributed by atoms with Crippen molar-refractivity contribution in [2.45, 2.75) is 52.9 Å². The Hall–Kier alpha value is -1.96. The Labute approximate surface area is 144 Å². The average molecular weight is 328 g/mol. The summed E-state index contributed by atoms with van der Waals surface area (Å²) in [6, 6.07) is 11.3. The van der Waals surface area contributed by atoms with E-state index in [4.69, 9.17) is 0 Å². The molecule has 0 spiro atoms. The molecule has 0 aliphatic rings. The van der Waals surface area contributed by atoms with Gasteiger partial charge in [0.05, 0.1) is 0 Å². The maximum absolute atomic E-state index is 13.1. The van der Waals surface area contributed by atoms with Crippen molar-refractivity contribution in [3.05, 3.63) is 76.4 Å². The van der Waals surface area contributed by atoms with E-state index in [0.29, 0.717) is 6.42 Å². The molecule has 128 valence electrons. The van der Waals surface area contributed by atoms with E-state index in [1.54, 1.807) is 6.07 Å². The largest absolute Gasteiger partial charge is 0.263 e. The molecular weight excluding hydrogens is 302 g/mol. The molecule has 0 heterocycles. The smallest absolute Gasteiger partial charge is 0.205 e. The van der Waals surface area contributed by atoms with E-state index < -0.39 is 6.43 Å². The Kier molecular flexibility index (Phi) is 6.30. The lowest BCUT2D eigenvalue weighted by molar-refractivity contribution is 0.151. The van der Waals surface area contributed by atoms with E-state index in [0.717, 1.165) is 36.0 Å². The second-order valence-electron chi connectivity index (χ2n) is 6.53. The zero-order valence-electron chi connectivity index (χ0n) is 14.8. The first-order chi connectivity index (χ1) is 11.4. The fourth-order valence-electron chi connectivity index (χ4n) is 2.96. The van der Waals surface area contributed by atoms with Crippen molar-refractivity contribution in [1.29, 1.82) is 0 Å². The molecule has 2 aromatic carbocycles. The van der Waals surface area contributed by atoms with Gasteiger partial charge in [-0.1, -0.05) is 55.8 Å². The predicted molar refractivity (Wildman–Crippen MR) is 98.7 cm³/mol.